The summed E-state index contributed by atoms with van der Waals surface area (Å²) in [6.45, 7) is 10.7. The third-order valence-corrected chi connectivity index (χ3v) is 8.71. The number of benzene rings is 2. The van der Waals surface area contributed by atoms with Gasteiger partial charge >= 0.3 is 0 Å². The van der Waals surface area contributed by atoms with E-state index in [1.165, 1.54) is 95.3 Å². The number of hydrogen-bond donors (Lipinski definition) is 1. The number of nitrogens with one attached hydrogen (secondary N) is 1. The number of likely N-dealkylation sites (tertiary alicyclic amines) is 1. The van der Waals surface area contributed by atoms with Gasteiger partial charge in [-0.1, -0.05) is 75.1 Å². The van der Waals surface area contributed by atoms with Gasteiger partial charge in [0.2, 0.25) is 0 Å². The van der Waals surface area contributed by atoms with Crippen LogP contribution in [-0.4, -0.2) is 37.6 Å². The Morgan fingerprint density at radius 1 is 0.905 bits per heavy atom. The fraction of sp³-hybridized carbons (Fsp3) is 0.568. The Hall–Kier alpha value is -2.34. The quantitative estimate of drug-likeness (QED) is 0.201. The summed E-state index contributed by atoms with van der Waals surface area (Å²) in [6.07, 6.45) is 16.8. The third kappa shape index (κ3) is 11.4. The van der Waals surface area contributed by atoms with E-state index in [9.17, 15) is 8.78 Å². The minimum absolute atomic E-state index is 0.0900. The summed E-state index contributed by atoms with van der Waals surface area (Å²) in [5.74, 6) is 0.936. The van der Waals surface area contributed by atoms with Crippen LogP contribution in [0.3, 0.4) is 0 Å². The average Bonchev–Trinajstić information content (AvgIpc) is 3.23. The van der Waals surface area contributed by atoms with Gasteiger partial charge in [0, 0.05) is 6.54 Å². The standard InChI is InChI=1S/C37H52F2N2O/c1-29(2)26-40-27-31-9-7-10-34(25-31)32-11-8-23-41(24-21-32)22-6-4-3-5-12-37(33-15-19-36(39)20-16-33)42-28-30-13-17-35(38)18-14-30/h10,13-20,25,29,32,37,40H,3-9,11-12,21-24,26-28H2,1-2H3. The first kappa shape index (κ1) is 32.6. The number of ether oxygens (including phenoxy) is 1. The van der Waals surface area contributed by atoms with Crippen LogP contribution in [0.5, 0.6) is 0 Å². The Morgan fingerprint density at radius 2 is 1.64 bits per heavy atom. The monoisotopic (exact) mass is 578 g/mol. The normalized spacial score (nSPS) is 18.9. The maximum atomic E-state index is 13.5. The highest BCUT2D eigenvalue weighted by atomic mass is 19.1. The van der Waals surface area contributed by atoms with Crippen molar-refractivity contribution in [1.82, 2.24) is 10.2 Å². The van der Waals surface area contributed by atoms with Crippen molar-refractivity contribution in [2.24, 2.45) is 11.8 Å². The van der Waals surface area contributed by atoms with E-state index < -0.39 is 0 Å². The van der Waals surface area contributed by atoms with E-state index in [4.69, 9.17) is 4.74 Å². The largest absolute Gasteiger partial charge is 0.369 e. The highest BCUT2D eigenvalue weighted by Gasteiger charge is 2.21. The lowest BCUT2D eigenvalue weighted by molar-refractivity contribution is 0.0320. The summed E-state index contributed by atoms with van der Waals surface area (Å²) in [6, 6.07) is 13.1. The highest BCUT2D eigenvalue weighted by Crippen LogP contribution is 2.31. The zero-order valence-corrected chi connectivity index (χ0v) is 25.9. The summed E-state index contributed by atoms with van der Waals surface area (Å²) in [7, 11) is 0. The molecular weight excluding hydrogens is 526 g/mol. The van der Waals surface area contributed by atoms with E-state index in [-0.39, 0.29) is 17.7 Å². The lowest BCUT2D eigenvalue weighted by atomic mass is 9.86. The van der Waals surface area contributed by atoms with E-state index in [1.54, 1.807) is 23.3 Å². The van der Waals surface area contributed by atoms with Crippen molar-refractivity contribution >= 4 is 0 Å². The predicted molar refractivity (Wildman–Crippen MR) is 170 cm³/mol. The Labute approximate surface area is 253 Å². The molecule has 2 aromatic rings. The number of allylic oxidation sites excluding steroid dienone is 3. The molecule has 2 aliphatic rings. The number of unbranched alkanes of at least 4 members (excludes halogenated alkanes) is 3. The van der Waals surface area contributed by atoms with E-state index >= 15 is 0 Å². The fourth-order valence-electron chi connectivity index (χ4n) is 6.27. The zero-order valence-electron chi connectivity index (χ0n) is 25.9. The average molecular weight is 579 g/mol. The van der Waals surface area contributed by atoms with Gasteiger partial charge < -0.3 is 15.0 Å². The van der Waals surface area contributed by atoms with Crippen LogP contribution in [0.15, 0.2) is 71.8 Å². The molecule has 0 aromatic heterocycles. The molecule has 0 saturated carbocycles. The summed E-state index contributed by atoms with van der Waals surface area (Å²) in [4.78, 5) is 2.69. The first-order valence-electron chi connectivity index (χ1n) is 16.4. The molecule has 1 fully saturated rings. The van der Waals surface area contributed by atoms with Gasteiger partial charge in [0.1, 0.15) is 11.6 Å². The molecule has 0 amide bonds. The molecule has 3 nitrogen and oxygen atoms in total. The Bertz CT molecular complexity index is 1110. The molecule has 2 aromatic carbocycles. The molecule has 1 aliphatic carbocycles. The lowest BCUT2D eigenvalue weighted by Gasteiger charge is -2.23. The number of halogens is 2. The molecule has 2 unspecified atom stereocenters. The minimum Gasteiger partial charge on any atom is -0.369 e. The van der Waals surface area contributed by atoms with Gasteiger partial charge in [-0.2, -0.15) is 0 Å². The van der Waals surface area contributed by atoms with Crippen LogP contribution in [0.2, 0.25) is 0 Å². The lowest BCUT2D eigenvalue weighted by Crippen LogP contribution is -2.26. The molecule has 5 heteroatoms. The maximum absolute atomic E-state index is 13.5. The molecule has 1 heterocycles. The number of rotatable bonds is 16. The van der Waals surface area contributed by atoms with Crippen LogP contribution in [0.1, 0.15) is 95.3 Å². The van der Waals surface area contributed by atoms with Gasteiger partial charge in [-0.25, -0.2) is 8.78 Å². The molecule has 0 bridgehead atoms. The summed E-state index contributed by atoms with van der Waals surface area (Å²) < 4.78 is 33.0. The van der Waals surface area contributed by atoms with Crippen molar-refractivity contribution < 1.29 is 13.5 Å². The van der Waals surface area contributed by atoms with E-state index in [2.05, 4.69) is 36.2 Å². The van der Waals surface area contributed by atoms with Crippen LogP contribution >= 0.6 is 0 Å². The van der Waals surface area contributed by atoms with E-state index in [0.29, 0.717) is 18.4 Å². The SMILES string of the molecule is CC(C)CNCC1=CC(C2CCCN(CCCCCCC(OCc3ccc(F)cc3)c3ccc(F)cc3)CC2)=CCC1. The molecule has 1 N–H and O–H groups in total. The molecule has 0 spiro atoms. The first-order valence-corrected chi connectivity index (χ1v) is 16.4. The topological polar surface area (TPSA) is 24.5 Å². The third-order valence-electron chi connectivity index (χ3n) is 8.71. The van der Waals surface area contributed by atoms with Crippen LogP contribution in [-0.2, 0) is 11.3 Å². The van der Waals surface area contributed by atoms with Gasteiger partial charge in [-0.15, -0.1) is 0 Å². The Balaban J connectivity index is 1.15. The molecule has 1 aliphatic heterocycles. The van der Waals surface area contributed by atoms with Crippen LogP contribution < -0.4 is 5.32 Å². The van der Waals surface area contributed by atoms with Crippen molar-refractivity contribution in [1.29, 1.82) is 0 Å². The molecule has 4 rings (SSSR count). The van der Waals surface area contributed by atoms with Gasteiger partial charge in [-0.05, 0) is 124 Å². The smallest absolute Gasteiger partial charge is 0.123 e. The van der Waals surface area contributed by atoms with Crippen LogP contribution in [0.25, 0.3) is 0 Å². The molecular formula is C37H52F2N2O. The second-order valence-corrected chi connectivity index (χ2v) is 12.7. The fourth-order valence-corrected chi connectivity index (χ4v) is 6.27. The van der Waals surface area contributed by atoms with Crippen molar-refractivity contribution in [3.63, 3.8) is 0 Å². The number of hydrogen-bond acceptors (Lipinski definition) is 3. The van der Waals surface area contributed by atoms with Crippen molar-refractivity contribution in [3.05, 3.63) is 94.6 Å². The molecule has 0 radical (unpaired) electrons. The van der Waals surface area contributed by atoms with Crippen molar-refractivity contribution in [2.45, 2.75) is 90.8 Å². The number of nitrogens with zero attached hydrogens (tertiary/aromatic N) is 1. The Kier molecular flexibility index (Phi) is 13.7. The minimum atomic E-state index is -0.244. The summed E-state index contributed by atoms with van der Waals surface area (Å²) in [5, 5.41) is 3.63. The molecule has 230 valence electrons. The van der Waals surface area contributed by atoms with Gasteiger partial charge in [0.25, 0.3) is 0 Å². The van der Waals surface area contributed by atoms with Crippen LogP contribution in [0, 0.1) is 23.5 Å². The maximum Gasteiger partial charge on any atom is 0.123 e. The van der Waals surface area contributed by atoms with Gasteiger partial charge in [-0.3, -0.25) is 0 Å². The summed E-state index contributed by atoms with van der Waals surface area (Å²) in [5.41, 5.74) is 5.12. The first-order chi connectivity index (χ1) is 20.5. The predicted octanol–water partition coefficient (Wildman–Crippen LogP) is 9.17. The molecule has 1 saturated heterocycles. The highest BCUT2D eigenvalue weighted by molar-refractivity contribution is 5.31. The van der Waals surface area contributed by atoms with Gasteiger partial charge in [0.15, 0.2) is 0 Å². The zero-order chi connectivity index (χ0) is 29.6. The Morgan fingerprint density at radius 3 is 2.40 bits per heavy atom. The van der Waals surface area contributed by atoms with Gasteiger partial charge in [0.05, 0.1) is 12.7 Å². The molecule has 42 heavy (non-hydrogen) atoms. The van der Waals surface area contributed by atoms with Crippen molar-refractivity contribution in [2.75, 3.05) is 32.7 Å². The van der Waals surface area contributed by atoms with E-state index in [0.717, 1.165) is 37.1 Å². The second-order valence-electron chi connectivity index (χ2n) is 12.7. The second kappa shape index (κ2) is 17.7. The van der Waals surface area contributed by atoms with Crippen molar-refractivity contribution in [3.8, 4) is 0 Å². The summed E-state index contributed by atoms with van der Waals surface area (Å²) >= 11 is 0. The van der Waals surface area contributed by atoms with E-state index in [1.807, 2.05) is 12.1 Å². The molecule has 2 atom stereocenters. The van der Waals surface area contributed by atoms with Crippen LogP contribution in [0.4, 0.5) is 8.78 Å².